The molecular formula is C12H21N3O3. The highest BCUT2D eigenvalue weighted by molar-refractivity contribution is 5.76. The molecule has 2 atom stereocenters. The predicted molar refractivity (Wildman–Crippen MR) is 65.9 cm³/mol. The molecule has 0 spiro atoms. The van der Waals surface area contributed by atoms with E-state index in [1.54, 1.807) is 4.90 Å². The fourth-order valence-electron chi connectivity index (χ4n) is 2.66. The summed E-state index contributed by atoms with van der Waals surface area (Å²) in [5, 5.41) is 0. The van der Waals surface area contributed by atoms with Crippen LogP contribution in [0, 0.1) is 0 Å². The van der Waals surface area contributed by atoms with E-state index in [2.05, 4.69) is 0 Å². The number of fused-ring (bicyclic) bond motifs is 2. The number of piperazine rings is 1. The first-order valence-corrected chi connectivity index (χ1v) is 6.28. The van der Waals surface area contributed by atoms with E-state index < -0.39 is 5.60 Å². The average molecular weight is 255 g/mol. The highest BCUT2D eigenvalue weighted by Gasteiger charge is 2.48. The number of rotatable bonds is 2. The molecule has 0 radical (unpaired) electrons. The van der Waals surface area contributed by atoms with Gasteiger partial charge in [-0.15, -0.1) is 0 Å². The largest absolute Gasteiger partial charge is 0.444 e. The molecule has 0 aromatic rings. The summed E-state index contributed by atoms with van der Waals surface area (Å²) in [7, 11) is 0. The van der Waals surface area contributed by atoms with E-state index in [1.165, 1.54) is 0 Å². The Kier molecular flexibility index (Phi) is 3.23. The molecule has 102 valence electrons. The van der Waals surface area contributed by atoms with Gasteiger partial charge in [-0.2, -0.15) is 0 Å². The van der Waals surface area contributed by atoms with Gasteiger partial charge in [0, 0.05) is 13.1 Å². The molecule has 3 aliphatic heterocycles. The summed E-state index contributed by atoms with van der Waals surface area (Å²) in [4.78, 5) is 26.6. The summed E-state index contributed by atoms with van der Waals surface area (Å²) in [6, 6.07) is 0.330. The van der Waals surface area contributed by atoms with Crippen molar-refractivity contribution >= 4 is 12.0 Å². The van der Waals surface area contributed by atoms with Gasteiger partial charge in [-0.05, 0) is 27.2 Å². The van der Waals surface area contributed by atoms with Crippen molar-refractivity contribution in [3.8, 4) is 0 Å². The minimum atomic E-state index is -0.464. The summed E-state index contributed by atoms with van der Waals surface area (Å²) in [5.41, 5.74) is 4.71. The second kappa shape index (κ2) is 4.42. The molecule has 6 heteroatoms. The van der Waals surface area contributed by atoms with Crippen molar-refractivity contribution in [3.05, 3.63) is 0 Å². The Morgan fingerprint density at radius 1 is 1.28 bits per heavy atom. The number of nitrogens with zero attached hydrogens (tertiary/aromatic N) is 2. The molecule has 6 nitrogen and oxygen atoms in total. The number of carbonyl (C=O) groups is 2. The third-order valence-electron chi connectivity index (χ3n) is 3.25. The Balaban J connectivity index is 1.89. The molecule has 3 rings (SSSR count). The minimum Gasteiger partial charge on any atom is -0.444 e. The molecule has 0 aromatic heterocycles. The summed E-state index contributed by atoms with van der Waals surface area (Å²) in [5.74, 6) is -0.319. The number of amides is 2. The van der Waals surface area contributed by atoms with E-state index >= 15 is 0 Å². The van der Waals surface area contributed by atoms with Crippen LogP contribution in [-0.4, -0.2) is 59.1 Å². The highest BCUT2D eigenvalue weighted by atomic mass is 16.6. The fourth-order valence-corrected chi connectivity index (χ4v) is 2.66. The fraction of sp³-hybridized carbons (Fsp3) is 0.833. The number of primary amides is 1. The van der Waals surface area contributed by atoms with Gasteiger partial charge in [-0.1, -0.05) is 0 Å². The summed E-state index contributed by atoms with van der Waals surface area (Å²) in [6.07, 6.45) is 0.747. The van der Waals surface area contributed by atoms with E-state index in [0.29, 0.717) is 13.1 Å². The van der Waals surface area contributed by atoms with Crippen LogP contribution in [0.1, 0.15) is 27.2 Å². The third-order valence-corrected chi connectivity index (χ3v) is 3.25. The van der Waals surface area contributed by atoms with Crippen molar-refractivity contribution in [1.29, 1.82) is 0 Å². The second-order valence-corrected chi connectivity index (χ2v) is 6.09. The van der Waals surface area contributed by atoms with Crippen LogP contribution in [-0.2, 0) is 9.53 Å². The lowest BCUT2D eigenvalue weighted by atomic mass is 9.88. The molecule has 2 amide bonds. The maximum absolute atomic E-state index is 12.0. The van der Waals surface area contributed by atoms with Crippen LogP contribution < -0.4 is 5.73 Å². The van der Waals surface area contributed by atoms with Crippen LogP contribution in [0.25, 0.3) is 0 Å². The standard InChI is InChI=1S/C12H21N3O3/c1-12(2,3)18-11(17)15-8-4-9(15)6-14(5-8)7-10(13)16/h8-9H,4-7H2,1-3H3,(H2,13,16). The molecule has 3 aliphatic rings. The van der Waals surface area contributed by atoms with Crippen molar-refractivity contribution < 1.29 is 14.3 Å². The van der Waals surface area contributed by atoms with E-state index in [4.69, 9.17) is 10.5 Å². The third kappa shape index (κ3) is 2.75. The van der Waals surface area contributed by atoms with Gasteiger partial charge >= 0.3 is 6.09 Å². The van der Waals surface area contributed by atoms with Crippen molar-refractivity contribution in [1.82, 2.24) is 9.80 Å². The van der Waals surface area contributed by atoms with E-state index in [-0.39, 0.29) is 30.6 Å². The Morgan fingerprint density at radius 2 is 1.83 bits per heavy atom. The Bertz CT molecular complexity index is 352. The first kappa shape index (κ1) is 13.1. The molecule has 3 heterocycles. The lowest BCUT2D eigenvalue weighted by Gasteiger charge is -2.55. The van der Waals surface area contributed by atoms with Crippen LogP contribution in [0.5, 0.6) is 0 Å². The minimum absolute atomic E-state index is 0.165. The maximum Gasteiger partial charge on any atom is 0.410 e. The maximum atomic E-state index is 12.0. The van der Waals surface area contributed by atoms with Crippen LogP contribution in [0.4, 0.5) is 4.79 Å². The van der Waals surface area contributed by atoms with Gasteiger partial charge in [0.25, 0.3) is 0 Å². The number of hydrogen-bond donors (Lipinski definition) is 1. The van der Waals surface area contributed by atoms with Crippen LogP contribution >= 0.6 is 0 Å². The second-order valence-electron chi connectivity index (χ2n) is 6.09. The number of ether oxygens (including phenoxy) is 1. The average Bonchev–Trinajstić information content (AvgIpc) is 2.12. The van der Waals surface area contributed by atoms with Gasteiger partial charge < -0.3 is 10.5 Å². The van der Waals surface area contributed by atoms with Gasteiger partial charge in [0.05, 0.1) is 18.6 Å². The van der Waals surface area contributed by atoms with E-state index in [0.717, 1.165) is 6.42 Å². The van der Waals surface area contributed by atoms with Crippen molar-refractivity contribution in [2.45, 2.75) is 44.9 Å². The monoisotopic (exact) mass is 255 g/mol. The summed E-state index contributed by atoms with van der Waals surface area (Å²) < 4.78 is 5.37. The van der Waals surface area contributed by atoms with Crippen molar-refractivity contribution in [2.75, 3.05) is 19.6 Å². The smallest absolute Gasteiger partial charge is 0.410 e. The molecular weight excluding hydrogens is 234 g/mol. The number of piperidine rings is 1. The molecule has 18 heavy (non-hydrogen) atoms. The Morgan fingerprint density at radius 3 is 2.28 bits per heavy atom. The van der Waals surface area contributed by atoms with Crippen molar-refractivity contribution in [3.63, 3.8) is 0 Å². The first-order valence-electron chi connectivity index (χ1n) is 6.28. The lowest BCUT2D eigenvalue weighted by molar-refractivity contribution is -0.122. The summed E-state index contributed by atoms with van der Waals surface area (Å²) in [6.45, 7) is 7.27. The number of carbonyl (C=O) groups excluding carboxylic acids is 2. The molecule has 3 saturated heterocycles. The number of hydrogen-bond acceptors (Lipinski definition) is 4. The molecule has 3 fully saturated rings. The molecule has 0 aromatic carbocycles. The Hall–Kier alpha value is -1.30. The van der Waals surface area contributed by atoms with Gasteiger partial charge in [-0.3, -0.25) is 14.6 Å². The molecule has 0 saturated carbocycles. The van der Waals surface area contributed by atoms with Gasteiger partial charge in [0.15, 0.2) is 0 Å². The van der Waals surface area contributed by atoms with Gasteiger partial charge in [0.2, 0.25) is 5.91 Å². The van der Waals surface area contributed by atoms with E-state index in [9.17, 15) is 9.59 Å². The zero-order valence-corrected chi connectivity index (χ0v) is 11.2. The lowest BCUT2D eigenvalue weighted by Crippen LogP contribution is -2.71. The van der Waals surface area contributed by atoms with Crippen LogP contribution in [0.15, 0.2) is 0 Å². The quantitative estimate of drug-likeness (QED) is 0.763. The topological polar surface area (TPSA) is 75.9 Å². The molecule has 2 unspecified atom stereocenters. The first-order chi connectivity index (χ1) is 8.26. The van der Waals surface area contributed by atoms with Gasteiger partial charge in [0.1, 0.15) is 5.60 Å². The zero-order valence-electron chi connectivity index (χ0n) is 11.2. The highest BCUT2D eigenvalue weighted by Crippen LogP contribution is 2.33. The van der Waals surface area contributed by atoms with E-state index in [1.807, 2.05) is 25.7 Å². The van der Waals surface area contributed by atoms with Gasteiger partial charge in [-0.25, -0.2) is 4.79 Å². The zero-order chi connectivity index (χ0) is 13.5. The normalized spacial score (nSPS) is 27.6. The number of nitrogens with two attached hydrogens (primary N) is 1. The molecule has 2 bridgehead atoms. The SMILES string of the molecule is CC(C)(C)OC(=O)N1C2CC1CN(CC(N)=O)C2. The van der Waals surface area contributed by atoms with Crippen LogP contribution in [0.2, 0.25) is 0 Å². The molecule has 2 N–H and O–H groups in total. The predicted octanol–water partition coefficient (Wildman–Crippen LogP) is 0.165. The molecule has 0 aliphatic carbocycles. The summed E-state index contributed by atoms with van der Waals surface area (Å²) >= 11 is 0. The van der Waals surface area contributed by atoms with Crippen LogP contribution in [0.3, 0.4) is 0 Å². The Labute approximate surface area is 107 Å². The van der Waals surface area contributed by atoms with Crippen molar-refractivity contribution in [2.24, 2.45) is 5.73 Å².